The van der Waals surface area contributed by atoms with E-state index in [2.05, 4.69) is 0 Å². The zero-order chi connectivity index (χ0) is 15.9. The zero-order valence-electron chi connectivity index (χ0n) is 12.2. The normalized spacial score (nSPS) is 14.8. The van der Waals surface area contributed by atoms with Crippen LogP contribution in [0.2, 0.25) is 0 Å². The average Bonchev–Trinajstić information content (AvgIpc) is 2.94. The van der Waals surface area contributed by atoms with Gasteiger partial charge in [0.25, 0.3) is 10.0 Å². The number of hydrogen-bond acceptors (Lipinski definition) is 5. The molecule has 0 radical (unpaired) electrons. The maximum Gasteiger partial charge on any atom is 0.273 e. The molecule has 3 rings (SSSR count). The highest BCUT2D eigenvalue weighted by molar-refractivity contribution is 7.94. The second-order valence-electron chi connectivity index (χ2n) is 4.97. The minimum Gasteiger partial charge on any atom is -0.495 e. The minimum atomic E-state index is -3.69. The molecular formula is C15H15NO4S2. The van der Waals surface area contributed by atoms with Gasteiger partial charge in [-0.25, -0.2) is 8.42 Å². The van der Waals surface area contributed by atoms with Gasteiger partial charge >= 0.3 is 0 Å². The first-order valence-corrected chi connectivity index (χ1v) is 9.00. The second-order valence-corrected chi connectivity index (χ2v) is 8.35. The number of ketones is 1. The Kier molecular flexibility index (Phi) is 3.70. The first kappa shape index (κ1) is 15.1. The van der Waals surface area contributed by atoms with Crippen molar-refractivity contribution in [1.82, 2.24) is 0 Å². The summed E-state index contributed by atoms with van der Waals surface area (Å²) in [5, 5.41) is 0. The van der Waals surface area contributed by atoms with Crippen molar-refractivity contribution in [2.24, 2.45) is 0 Å². The van der Waals surface area contributed by atoms with Gasteiger partial charge in [0, 0.05) is 23.4 Å². The summed E-state index contributed by atoms with van der Waals surface area (Å²) < 4.78 is 32.6. The number of methoxy groups -OCH3 is 1. The van der Waals surface area contributed by atoms with Gasteiger partial charge in [0.05, 0.1) is 7.11 Å². The molecule has 1 aliphatic rings. The molecule has 0 fully saturated rings. The van der Waals surface area contributed by atoms with E-state index < -0.39 is 10.0 Å². The van der Waals surface area contributed by atoms with Gasteiger partial charge in [-0.3, -0.25) is 9.10 Å². The largest absolute Gasteiger partial charge is 0.495 e. The van der Waals surface area contributed by atoms with Crippen LogP contribution in [0.15, 0.2) is 34.5 Å². The first-order chi connectivity index (χ1) is 10.4. The fourth-order valence-electron chi connectivity index (χ4n) is 2.52. The number of para-hydroxylation sites is 1. The molecule has 0 atom stereocenters. The Balaban J connectivity index is 2.19. The van der Waals surface area contributed by atoms with Crippen LogP contribution < -0.4 is 9.04 Å². The lowest BCUT2D eigenvalue weighted by atomic mass is 10.0. The van der Waals surface area contributed by atoms with Crippen molar-refractivity contribution in [3.05, 3.63) is 40.8 Å². The molecule has 0 unspecified atom stereocenters. The van der Waals surface area contributed by atoms with E-state index in [0.717, 1.165) is 4.88 Å². The second kappa shape index (κ2) is 5.40. The average molecular weight is 337 g/mol. The number of Topliss-reactive ketones (excluding diaryl/α,β-unsaturated/α-hetero) is 1. The van der Waals surface area contributed by atoms with Crippen LogP contribution in [-0.2, 0) is 10.0 Å². The zero-order valence-corrected chi connectivity index (χ0v) is 13.8. The lowest BCUT2D eigenvalue weighted by Crippen LogP contribution is -2.37. The van der Waals surface area contributed by atoms with Crippen LogP contribution in [0.25, 0.3) is 0 Å². The summed E-state index contributed by atoms with van der Waals surface area (Å²) in [5.74, 6) is 0.324. The molecule has 1 aromatic carbocycles. The third kappa shape index (κ3) is 2.30. The molecule has 0 aliphatic carbocycles. The standard InChI is InChI=1S/C15H15NO4S2/c1-10-6-7-14(21-10)22(18,19)16-9-8-12(17)11-4-3-5-13(20-2)15(11)16/h3-7H,8-9H2,1-2H3. The van der Waals surface area contributed by atoms with E-state index in [9.17, 15) is 13.2 Å². The molecule has 5 nitrogen and oxygen atoms in total. The van der Waals surface area contributed by atoms with Gasteiger partial charge in [0.15, 0.2) is 5.78 Å². The highest BCUT2D eigenvalue weighted by Crippen LogP contribution is 2.40. The Hall–Kier alpha value is -1.86. The van der Waals surface area contributed by atoms with E-state index in [-0.39, 0.29) is 23.0 Å². The van der Waals surface area contributed by atoms with Gasteiger partial charge in [0.2, 0.25) is 0 Å². The molecule has 1 aliphatic heterocycles. The predicted molar refractivity (Wildman–Crippen MR) is 85.5 cm³/mol. The summed E-state index contributed by atoms with van der Waals surface area (Å²) in [4.78, 5) is 13.0. The van der Waals surface area contributed by atoms with E-state index in [0.29, 0.717) is 17.0 Å². The van der Waals surface area contributed by atoms with E-state index in [1.54, 1.807) is 30.3 Å². The summed E-state index contributed by atoms with van der Waals surface area (Å²) >= 11 is 1.22. The van der Waals surface area contributed by atoms with Crippen LogP contribution >= 0.6 is 11.3 Å². The highest BCUT2D eigenvalue weighted by atomic mass is 32.2. The number of thiophene rings is 1. The van der Waals surface area contributed by atoms with E-state index in [4.69, 9.17) is 4.74 Å². The predicted octanol–water partition coefficient (Wildman–Crippen LogP) is 2.85. The van der Waals surface area contributed by atoms with Crippen molar-refractivity contribution in [2.75, 3.05) is 18.0 Å². The molecule has 0 saturated carbocycles. The Bertz CT molecular complexity index is 839. The molecule has 0 bridgehead atoms. The molecule has 22 heavy (non-hydrogen) atoms. The number of aryl methyl sites for hydroxylation is 1. The van der Waals surface area contributed by atoms with E-state index in [1.807, 2.05) is 6.92 Å². The van der Waals surface area contributed by atoms with Gasteiger partial charge in [-0.1, -0.05) is 6.07 Å². The quantitative estimate of drug-likeness (QED) is 0.864. The summed E-state index contributed by atoms with van der Waals surface area (Å²) in [6.45, 7) is 1.99. The lowest BCUT2D eigenvalue weighted by Gasteiger charge is -2.30. The monoisotopic (exact) mass is 337 g/mol. The Labute approximate surface area is 133 Å². The van der Waals surface area contributed by atoms with Crippen molar-refractivity contribution in [2.45, 2.75) is 17.6 Å². The molecule has 0 saturated heterocycles. The van der Waals surface area contributed by atoms with Crippen LogP contribution in [0.3, 0.4) is 0 Å². The fraction of sp³-hybridized carbons (Fsp3) is 0.267. The van der Waals surface area contributed by atoms with Gasteiger partial charge in [0.1, 0.15) is 15.6 Å². The number of carbonyl (C=O) groups is 1. The molecule has 7 heteroatoms. The van der Waals surface area contributed by atoms with E-state index >= 15 is 0 Å². The number of anilines is 1. The molecular weight excluding hydrogens is 322 g/mol. The third-order valence-corrected chi connectivity index (χ3v) is 6.84. The Morgan fingerprint density at radius 1 is 1.23 bits per heavy atom. The van der Waals surface area contributed by atoms with Gasteiger partial charge in [-0.2, -0.15) is 0 Å². The number of ether oxygens (including phenoxy) is 1. The number of fused-ring (bicyclic) bond motifs is 1. The summed E-state index contributed by atoms with van der Waals surface area (Å²) in [6, 6.07) is 8.37. The third-order valence-electron chi connectivity index (χ3n) is 3.57. The van der Waals surface area contributed by atoms with Crippen molar-refractivity contribution in [1.29, 1.82) is 0 Å². The number of nitrogens with zero attached hydrogens (tertiary/aromatic N) is 1. The highest BCUT2D eigenvalue weighted by Gasteiger charge is 2.35. The van der Waals surface area contributed by atoms with Crippen molar-refractivity contribution >= 4 is 32.8 Å². The van der Waals surface area contributed by atoms with Crippen LogP contribution in [0, 0.1) is 6.92 Å². The Morgan fingerprint density at radius 2 is 2.00 bits per heavy atom. The van der Waals surface area contributed by atoms with Crippen molar-refractivity contribution in [3.8, 4) is 5.75 Å². The van der Waals surface area contributed by atoms with Crippen molar-refractivity contribution < 1.29 is 17.9 Å². The first-order valence-electron chi connectivity index (χ1n) is 6.74. The number of sulfonamides is 1. The molecule has 2 aromatic rings. The number of rotatable bonds is 3. The maximum atomic E-state index is 12.9. The van der Waals surface area contributed by atoms with Gasteiger partial charge in [-0.15, -0.1) is 11.3 Å². The van der Waals surface area contributed by atoms with Crippen LogP contribution in [0.5, 0.6) is 5.75 Å². The smallest absolute Gasteiger partial charge is 0.273 e. The molecule has 2 heterocycles. The lowest BCUT2D eigenvalue weighted by molar-refractivity contribution is 0.0981. The van der Waals surface area contributed by atoms with Crippen molar-refractivity contribution in [3.63, 3.8) is 0 Å². The fourth-order valence-corrected chi connectivity index (χ4v) is 5.41. The van der Waals surface area contributed by atoms with Crippen LogP contribution in [0.4, 0.5) is 5.69 Å². The number of hydrogen-bond donors (Lipinski definition) is 0. The SMILES string of the molecule is COc1cccc2c1N(S(=O)(=O)c1ccc(C)s1)CCC2=O. The molecule has 1 aromatic heterocycles. The summed E-state index contributed by atoms with van der Waals surface area (Å²) in [7, 11) is -2.22. The van der Waals surface area contributed by atoms with Gasteiger partial charge < -0.3 is 4.74 Å². The minimum absolute atomic E-state index is 0.0669. The molecule has 0 spiro atoms. The maximum absolute atomic E-state index is 12.9. The molecule has 0 N–H and O–H groups in total. The Morgan fingerprint density at radius 3 is 2.64 bits per heavy atom. The number of carbonyl (C=O) groups excluding carboxylic acids is 1. The van der Waals surface area contributed by atoms with E-state index in [1.165, 1.54) is 22.8 Å². The van der Waals surface area contributed by atoms with Crippen LogP contribution in [0.1, 0.15) is 21.7 Å². The molecule has 0 amide bonds. The summed E-state index contributed by atoms with van der Waals surface area (Å²) in [6.07, 6.45) is 0.170. The topological polar surface area (TPSA) is 63.7 Å². The summed E-state index contributed by atoms with van der Waals surface area (Å²) in [5.41, 5.74) is 0.731. The van der Waals surface area contributed by atoms with Gasteiger partial charge in [-0.05, 0) is 31.2 Å². The number of benzene rings is 1. The van der Waals surface area contributed by atoms with Crippen LogP contribution in [-0.4, -0.2) is 27.9 Å². The molecule has 116 valence electrons.